The molecular formula is C22H22N6O3S. The summed E-state index contributed by atoms with van der Waals surface area (Å²) in [4.78, 5) is 14.6. The normalized spacial score (nSPS) is 14.6. The van der Waals surface area contributed by atoms with Crippen LogP contribution < -0.4 is 16.4 Å². The number of sulfonamides is 1. The molecule has 0 spiro atoms. The second-order valence-electron chi connectivity index (χ2n) is 7.49. The van der Waals surface area contributed by atoms with Crippen LogP contribution in [0.1, 0.15) is 11.1 Å². The minimum absolute atomic E-state index is 0.0150. The van der Waals surface area contributed by atoms with Crippen molar-refractivity contribution in [3.05, 3.63) is 71.8 Å². The van der Waals surface area contributed by atoms with Crippen molar-refractivity contribution in [3.8, 4) is 0 Å². The first kappa shape index (κ1) is 21.3. The number of nitrogens with zero attached hydrogens (tertiary/aromatic N) is 2. The van der Waals surface area contributed by atoms with Gasteiger partial charge in [-0.2, -0.15) is 0 Å². The summed E-state index contributed by atoms with van der Waals surface area (Å²) in [5.74, 6) is -0.712. The number of amidine groups is 2. The Hall–Kier alpha value is -3.92. The Kier molecular flexibility index (Phi) is 5.31. The van der Waals surface area contributed by atoms with E-state index in [4.69, 9.17) is 22.3 Å². The van der Waals surface area contributed by atoms with Crippen molar-refractivity contribution in [3.63, 3.8) is 0 Å². The van der Waals surface area contributed by atoms with Gasteiger partial charge in [0, 0.05) is 23.4 Å². The van der Waals surface area contributed by atoms with Gasteiger partial charge in [0.25, 0.3) is 15.9 Å². The minimum atomic E-state index is -4.00. The number of piperazine rings is 1. The van der Waals surface area contributed by atoms with Crippen LogP contribution in [0.15, 0.2) is 65.6 Å². The number of rotatable bonds is 5. The maximum atomic E-state index is 13.0. The highest BCUT2D eigenvalue weighted by molar-refractivity contribution is 7.89. The molecule has 1 heterocycles. The minimum Gasteiger partial charge on any atom is -0.384 e. The molecule has 6 N–H and O–H groups in total. The fraction of sp³-hybridized carbons (Fsp3) is 0.136. The third kappa shape index (κ3) is 3.87. The average molecular weight is 451 g/mol. The molecule has 0 aromatic heterocycles. The van der Waals surface area contributed by atoms with E-state index in [1.165, 1.54) is 24.3 Å². The van der Waals surface area contributed by atoms with Crippen molar-refractivity contribution in [1.29, 1.82) is 10.8 Å². The van der Waals surface area contributed by atoms with E-state index in [0.29, 0.717) is 17.7 Å². The predicted octanol–water partition coefficient (Wildman–Crippen LogP) is 1.45. The molecular weight excluding hydrogens is 428 g/mol. The standard InChI is InChI=1S/C22H22N6O3S/c23-21(24)15-4-7-19(8-5-15)32(30,31)28-10-9-27(13-20(28)29)18-6-3-14-1-2-16(22(25)26)11-17(14)12-18/h1-8,11-12H,9-10,13H2,(H3,23,24)(H3,25,26). The van der Waals surface area contributed by atoms with Gasteiger partial charge in [0.2, 0.25) is 0 Å². The molecule has 32 heavy (non-hydrogen) atoms. The van der Waals surface area contributed by atoms with Crippen LogP contribution in [0.2, 0.25) is 0 Å². The molecule has 0 atom stereocenters. The molecule has 0 saturated carbocycles. The molecule has 9 nitrogen and oxygen atoms in total. The molecule has 1 aliphatic rings. The lowest BCUT2D eigenvalue weighted by atomic mass is 10.1. The second-order valence-corrected chi connectivity index (χ2v) is 9.35. The number of nitrogens with one attached hydrogen (secondary N) is 2. The summed E-state index contributed by atoms with van der Waals surface area (Å²) in [5.41, 5.74) is 12.8. The summed E-state index contributed by atoms with van der Waals surface area (Å²) in [5, 5.41) is 16.9. The van der Waals surface area contributed by atoms with Gasteiger partial charge in [-0.05, 0) is 53.2 Å². The molecule has 3 aromatic rings. The van der Waals surface area contributed by atoms with Gasteiger partial charge in [-0.3, -0.25) is 15.6 Å². The maximum Gasteiger partial charge on any atom is 0.266 e. The van der Waals surface area contributed by atoms with Gasteiger partial charge in [-0.1, -0.05) is 18.2 Å². The maximum absolute atomic E-state index is 13.0. The van der Waals surface area contributed by atoms with E-state index in [2.05, 4.69) is 0 Å². The fourth-order valence-electron chi connectivity index (χ4n) is 3.66. The van der Waals surface area contributed by atoms with Crippen molar-refractivity contribution < 1.29 is 13.2 Å². The number of benzene rings is 3. The summed E-state index contributed by atoms with van der Waals surface area (Å²) < 4.78 is 26.8. The van der Waals surface area contributed by atoms with Crippen LogP contribution in [-0.2, 0) is 14.8 Å². The third-order valence-corrected chi connectivity index (χ3v) is 7.26. The Balaban J connectivity index is 1.55. The van der Waals surface area contributed by atoms with E-state index in [1.807, 2.05) is 35.2 Å². The Labute approximate surface area is 185 Å². The number of hydrogen-bond donors (Lipinski definition) is 4. The van der Waals surface area contributed by atoms with Crippen molar-refractivity contribution in [2.75, 3.05) is 24.5 Å². The molecule has 10 heteroatoms. The van der Waals surface area contributed by atoms with Crippen molar-refractivity contribution in [2.45, 2.75) is 4.90 Å². The molecule has 3 aromatic carbocycles. The smallest absolute Gasteiger partial charge is 0.266 e. The van der Waals surface area contributed by atoms with Crippen molar-refractivity contribution >= 4 is 44.1 Å². The molecule has 4 rings (SSSR count). The van der Waals surface area contributed by atoms with Gasteiger partial charge in [0.05, 0.1) is 18.0 Å². The third-order valence-electron chi connectivity index (χ3n) is 5.43. The SMILES string of the molecule is N=C(N)c1ccc(S(=O)(=O)N2CCN(c3ccc4ccc(C(=N)N)cc4c3)CC2=O)cc1. The lowest BCUT2D eigenvalue weighted by Crippen LogP contribution is -2.52. The van der Waals surface area contributed by atoms with Crippen LogP contribution in [0, 0.1) is 10.8 Å². The summed E-state index contributed by atoms with van der Waals surface area (Å²) in [7, 11) is -4.00. The van der Waals surface area contributed by atoms with Gasteiger partial charge >= 0.3 is 0 Å². The Morgan fingerprint density at radius 1 is 0.812 bits per heavy atom. The Morgan fingerprint density at radius 3 is 2.06 bits per heavy atom. The molecule has 164 valence electrons. The zero-order chi connectivity index (χ0) is 23.0. The molecule has 1 saturated heterocycles. The zero-order valence-electron chi connectivity index (χ0n) is 17.1. The number of carbonyl (C=O) groups excluding carboxylic acids is 1. The average Bonchev–Trinajstić information content (AvgIpc) is 2.78. The first-order chi connectivity index (χ1) is 15.2. The van der Waals surface area contributed by atoms with Crippen LogP contribution >= 0.6 is 0 Å². The first-order valence-electron chi connectivity index (χ1n) is 9.80. The van der Waals surface area contributed by atoms with Crippen LogP contribution in [0.5, 0.6) is 0 Å². The zero-order valence-corrected chi connectivity index (χ0v) is 17.9. The van der Waals surface area contributed by atoms with Crippen LogP contribution in [0.25, 0.3) is 10.8 Å². The van der Waals surface area contributed by atoms with E-state index in [0.717, 1.165) is 20.8 Å². The van der Waals surface area contributed by atoms with E-state index < -0.39 is 15.9 Å². The number of nitrogen functional groups attached to an aromatic ring is 2. The topological polar surface area (TPSA) is 157 Å². The molecule has 0 radical (unpaired) electrons. The monoisotopic (exact) mass is 450 g/mol. The molecule has 0 aliphatic carbocycles. The number of carbonyl (C=O) groups is 1. The van der Waals surface area contributed by atoms with Crippen LogP contribution in [-0.4, -0.2) is 49.9 Å². The molecule has 1 fully saturated rings. The number of hydrogen-bond acceptors (Lipinski definition) is 6. The van der Waals surface area contributed by atoms with E-state index in [1.54, 1.807) is 6.07 Å². The number of anilines is 1. The van der Waals surface area contributed by atoms with Gasteiger partial charge in [-0.15, -0.1) is 0 Å². The van der Waals surface area contributed by atoms with E-state index in [9.17, 15) is 13.2 Å². The summed E-state index contributed by atoms with van der Waals surface area (Å²) in [6.45, 7) is 0.276. The largest absolute Gasteiger partial charge is 0.384 e. The van der Waals surface area contributed by atoms with E-state index in [-0.39, 0.29) is 29.7 Å². The second kappa shape index (κ2) is 7.97. The molecule has 1 amide bonds. The molecule has 0 unspecified atom stereocenters. The van der Waals surface area contributed by atoms with Gasteiger partial charge in [0.1, 0.15) is 11.7 Å². The number of nitrogens with two attached hydrogens (primary N) is 2. The van der Waals surface area contributed by atoms with Crippen LogP contribution in [0.4, 0.5) is 5.69 Å². The Morgan fingerprint density at radius 2 is 1.44 bits per heavy atom. The Bertz CT molecular complexity index is 1350. The molecule has 0 bridgehead atoms. The van der Waals surface area contributed by atoms with Crippen LogP contribution in [0.3, 0.4) is 0 Å². The number of amides is 1. The lowest BCUT2D eigenvalue weighted by Gasteiger charge is -2.35. The summed E-state index contributed by atoms with van der Waals surface area (Å²) in [6, 6.07) is 16.8. The summed E-state index contributed by atoms with van der Waals surface area (Å²) >= 11 is 0. The quantitative estimate of drug-likeness (QED) is 0.340. The summed E-state index contributed by atoms with van der Waals surface area (Å²) in [6.07, 6.45) is 0. The highest BCUT2D eigenvalue weighted by Gasteiger charge is 2.34. The highest BCUT2D eigenvalue weighted by Crippen LogP contribution is 2.26. The number of fused-ring (bicyclic) bond motifs is 1. The lowest BCUT2D eigenvalue weighted by molar-refractivity contribution is -0.126. The first-order valence-corrected chi connectivity index (χ1v) is 11.2. The fourth-order valence-corrected chi connectivity index (χ4v) is 5.05. The van der Waals surface area contributed by atoms with Crippen molar-refractivity contribution in [2.24, 2.45) is 11.5 Å². The van der Waals surface area contributed by atoms with Crippen molar-refractivity contribution in [1.82, 2.24) is 4.31 Å². The predicted molar refractivity (Wildman–Crippen MR) is 124 cm³/mol. The highest BCUT2D eigenvalue weighted by atomic mass is 32.2. The van der Waals surface area contributed by atoms with Gasteiger partial charge < -0.3 is 16.4 Å². The van der Waals surface area contributed by atoms with Gasteiger partial charge in [-0.25, -0.2) is 12.7 Å². The molecule has 1 aliphatic heterocycles. The van der Waals surface area contributed by atoms with Gasteiger partial charge in [0.15, 0.2) is 0 Å². The van der Waals surface area contributed by atoms with E-state index >= 15 is 0 Å².